The molecule has 0 rings (SSSR count). The van der Waals surface area contributed by atoms with Crippen molar-refractivity contribution < 1.29 is 14.3 Å². The van der Waals surface area contributed by atoms with Gasteiger partial charge in [0.2, 0.25) is 0 Å². The Morgan fingerprint density at radius 3 is 2.32 bits per heavy atom. The molecule has 3 heteroatoms. The molecule has 0 heterocycles. The first-order valence-corrected chi connectivity index (χ1v) is 9.12. The number of carbonyl (C=O) groups excluding carboxylic acids is 1. The number of hydrogen-bond donors (Lipinski definition) is 0. The summed E-state index contributed by atoms with van der Waals surface area (Å²) in [7, 11) is 0. The lowest BCUT2D eigenvalue weighted by atomic mass is 9.97. The average molecular weight is 315 g/mol. The van der Waals surface area contributed by atoms with Gasteiger partial charge in [-0.05, 0) is 52.9 Å². The van der Waals surface area contributed by atoms with Gasteiger partial charge in [0, 0.05) is 13.0 Å². The van der Waals surface area contributed by atoms with Crippen LogP contribution >= 0.6 is 0 Å². The average Bonchev–Trinajstić information content (AvgIpc) is 2.46. The normalized spacial score (nSPS) is 13.6. The highest BCUT2D eigenvalue weighted by Crippen LogP contribution is 2.20. The Balaban J connectivity index is 4.00. The van der Waals surface area contributed by atoms with E-state index in [-0.39, 0.29) is 11.9 Å². The van der Waals surface area contributed by atoms with E-state index < -0.39 is 5.60 Å². The molecular formula is C19H38O3. The van der Waals surface area contributed by atoms with Crippen molar-refractivity contribution in [3.8, 4) is 0 Å². The fourth-order valence-corrected chi connectivity index (χ4v) is 2.31. The lowest BCUT2D eigenvalue weighted by molar-refractivity contribution is -0.142. The molecule has 0 radical (unpaired) electrons. The highest BCUT2D eigenvalue weighted by Gasteiger charge is 2.28. The van der Waals surface area contributed by atoms with Gasteiger partial charge in [-0.15, -0.1) is 0 Å². The molecule has 22 heavy (non-hydrogen) atoms. The second-order valence-electron chi connectivity index (χ2n) is 7.04. The van der Waals surface area contributed by atoms with Crippen molar-refractivity contribution in [2.45, 2.75) is 98.2 Å². The van der Waals surface area contributed by atoms with Crippen LogP contribution in [0.5, 0.6) is 0 Å². The third-order valence-electron chi connectivity index (χ3n) is 4.14. The van der Waals surface area contributed by atoms with Crippen LogP contribution in [0.1, 0.15) is 86.5 Å². The number of Topliss-reactive ketones (excluding diaryl/α,β-unsaturated/α-hetero) is 1. The van der Waals surface area contributed by atoms with Crippen molar-refractivity contribution in [1.29, 1.82) is 0 Å². The predicted molar refractivity (Wildman–Crippen MR) is 93.3 cm³/mol. The molecule has 0 aliphatic carbocycles. The van der Waals surface area contributed by atoms with Gasteiger partial charge >= 0.3 is 0 Å². The summed E-state index contributed by atoms with van der Waals surface area (Å²) in [5.74, 6) is 0.786. The fourth-order valence-electron chi connectivity index (χ4n) is 2.31. The summed E-state index contributed by atoms with van der Waals surface area (Å²) in [4.78, 5) is 12.3. The Morgan fingerprint density at radius 2 is 1.77 bits per heavy atom. The van der Waals surface area contributed by atoms with Gasteiger partial charge in [0.05, 0.1) is 12.7 Å². The molecule has 0 saturated carbocycles. The first-order chi connectivity index (χ1) is 10.3. The number of ketones is 1. The number of hydrogen-bond acceptors (Lipinski definition) is 3. The fraction of sp³-hybridized carbons (Fsp3) is 0.947. The van der Waals surface area contributed by atoms with E-state index >= 15 is 0 Å². The quantitative estimate of drug-likeness (QED) is 0.415. The topological polar surface area (TPSA) is 35.5 Å². The molecule has 0 bridgehead atoms. The Hall–Kier alpha value is -0.410. The lowest BCUT2D eigenvalue weighted by Gasteiger charge is -2.26. The van der Waals surface area contributed by atoms with Crippen molar-refractivity contribution in [2.75, 3.05) is 13.2 Å². The third-order valence-corrected chi connectivity index (χ3v) is 4.14. The zero-order chi connectivity index (χ0) is 17.0. The maximum absolute atomic E-state index is 12.3. The molecule has 132 valence electrons. The number of unbranched alkanes of at least 4 members (excludes halogenated alkanes) is 2. The minimum atomic E-state index is -0.654. The summed E-state index contributed by atoms with van der Waals surface area (Å²) in [6, 6.07) is 0. The van der Waals surface area contributed by atoms with Crippen LogP contribution < -0.4 is 0 Å². The molecule has 1 atom stereocenters. The van der Waals surface area contributed by atoms with Crippen molar-refractivity contribution in [2.24, 2.45) is 5.92 Å². The number of ether oxygens (including phenoxy) is 2. The smallest absolute Gasteiger partial charge is 0.164 e. The van der Waals surface area contributed by atoms with Gasteiger partial charge in [-0.3, -0.25) is 4.79 Å². The monoisotopic (exact) mass is 314 g/mol. The molecule has 0 aliphatic rings. The minimum absolute atomic E-state index is 0.211. The second kappa shape index (κ2) is 12.1. The summed E-state index contributed by atoms with van der Waals surface area (Å²) in [5, 5.41) is 0. The van der Waals surface area contributed by atoms with E-state index in [1.54, 1.807) is 0 Å². The molecule has 0 fully saturated rings. The Kier molecular flexibility index (Phi) is 11.8. The summed E-state index contributed by atoms with van der Waals surface area (Å²) in [5.41, 5.74) is -0.654. The van der Waals surface area contributed by atoms with Gasteiger partial charge in [0.1, 0.15) is 5.60 Å². The summed E-state index contributed by atoms with van der Waals surface area (Å²) in [6.45, 7) is 13.7. The van der Waals surface area contributed by atoms with Crippen LogP contribution in [0.4, 0.5) is 0 Å². The molecule has 0 spiro atoms. The molecule has 0 aromatic heterocycles. The predicted octanol–water partition coefficient (Wildman–Crippen LogP) is 5.16. The highest BCUT2D eigenvalue weighted by atomic mass is 16.5. The van der Waals surface area contributed by atoms with Crippen LogP contribution in [0.2, 0.25) is 0 Å². The maximum atomic E-state index is 12.3. The minimum Gasteiger partial charge on any atom is -0.379 e. The van der Waals surface area contributed by atoms with Gasteiger partial charge in [-0.2, -0.15) is 0 Å². The van der Waals surface area contributed by atoms with Crippen molar-refractivity contribution in [1.82, 2.24) is 0 Å². The molecule has 0 aromatic carbocycles. The van der Waals surface area contributed by atoms with Gasteiger partial charge in [0.15, 0.2) is 5.78 Å². The SMILES string of the molecule is CCCCC(CC)COC(C)(C)C(=O)CCCCOC(C)C. The molecule has 3 nitrogen and oxygen atoms in total. The maximum Gasteiger partial charge on any atom is 0.164 e. The first-order valence-electron chi connectivity index (χ1n) is 9.12. The highest BCUT2D eigenvalue weighted by molar-refractivity contribution is 5.86. The molecule has 0 saturated heterocycles. The molecule has 0 N–H and O–H groups in total. The van der Waals surface area contributed by atoms with E-state index in [0.717, 1.165) is 25.9 Å². The van der Waals surface area contributed by atoms with Crippen LogP contribution in [-0.2, 0) is 14.3 Å². The zero-order valence-corrected chi connectivity index (χ0v) is 15.7. The van der Waals surface area contributed by atoms with Gasteiger partial charge in [-0.1, -0.05) is 33.1 Å². The van der Waals surface area contributed by atoms with Crippen molar-refractivity contribution in [3.63, 3.8) is 0 Å². The molecule has 1 unspecified atom stereocenters. The van der Waals surface area contributed by atoms with E-state index in [0.29, 0.717) is 18.9 Å². The van der Waals surface area contributed by atoms with E-state index in [4.69, 9.17) is 9.47 Å². The Labute approximate surface area is 138 Å². The molecule has 0 amide bonds. The molecule has 0 aliphatic heterocycles. The third kappa shape index (κ3) is 10.3. The molecule has 0 aromatic rings. The van der Waals surface area contributed by atoms with Crippen LogP contribution in [0.15, 0.2) is 0 Å². The molecular weight excluding hydrogens is 276 g/mol. The first kappa shape index (κ1) is 21.6. The Morgan fingerprint density at radius 1 is 1.09 bits per heavy atom. The van der Waals surface area contributed by atoms with Crippen molar-refractivity contribution >= 4 is 5.78 Å². The van der Waals surface area contributed by atoms with Crippen LogP contribution in [0, 0.1) is 5.92 Å². The summed E-state index contributed by atoms with van der Waals surface area (Å²) in [6.07, 6.45) is 7.45. The number of rotatable bonds is 14. The van der Waals surface area contributed by atoms with E-state index in [2.05, 4.69) is 13.8 Å². The zero-order valence-electron chi connectivity index (χ0n) is 15.7. The van der Waals surface area contributed by atoms with Gasteiger partial charge in [-0.25, -0.2) is 0 Å². The van der Waals surface area contributed by atoms with E-state index in [1.165, 1.54) is 19.3 Å². The second-order valence-corrected chi connectivity index (χ2v) is 7.04. The Bertz CT molecular complexity index is 284. The van der Waals surface area contributed by atoms with Crippen LogP contribution in [0.3, 0.4) is 0 Å². The van der Waals surface area contributed by atoms with E-state index in [9.17, 15) is 4.79 Å². The lowest BCUT2D eigenvalue weighted by Crippen LogP contribution is -2.36. The van der Waals surface area contributed by atoms with E-state index in [1.807, 2.05) is 27.7 Å². The van der Waals surface area contributed by atoms with Crippen molar-refractivity contribution in [3.05, 3.63) is 0 Å². The van der Waals surface area contributed by atoms with Crippen LogP contribution in [0.25, 0.3) is 0 Å². The van der Waals surface area contributed by atoms with Gasteiger partial charge < -0.3 is 9.47 Å². The number of carbonyl (C=O) groups is 1. The van der Waals surface area contributed by atoms with Gasteiger partial charge in [0.25, 0.3) is 0 Å². The van der Waals surface area contributed by atoms with Crippen LogP contribution in [-0.4, -0.2) is 30.7 Å². The summed E-state index contributed by atoms with van der Waals surface area (Å²) < 4.78 is 11.5. The summed E-state index contributed by atoms with van der Waals surface area (Å²) >= 11 is 0. The largest absolute Gasteiger partial charge is 0.379 e. The standard InChI is InChI=1S/C19H38O3/c1-7-9-12-17(8-2)15-22-19(5,6)18(20)13-10-11-14-21-16(3)4/h16-17H,7-15H2,1-6H3.